The van der Waals surface area contributed by atoms with Crippen LogP contribution in [0.3, 0.4) is 0 Å². The third-order valence-electron chi connectivity index (χ3n) is 3.21. The Hall–Kier alpha value is -3.22. The van der Waals surface area contributed by atoms with E-state index in [1.165, 1.54) is 18.2 Å². The molecule has 1 amide bonds. The number of Topliss-reactive ketones (excluding diaryl/α,β-unsaturated/α-hetero) is 1. The fraction of sp³-hybridized carbons (Fsp3) is 0.176. The second kappa shape index (κ2) is 7.87. The average molecular weight is 328 g/mol. The Morgan fingerprint density at radius 2 is 1.88 bits per heavy atom. The first kappa shape index (κ1) is 17.1. The smallest absolute Gasteiger partial charge is 0.273 e. The number of hydrogen-bond donors (Lipinski definition) is 1. The van der Waals surface area contributed by atoms with Gasteiger partial charge in [0.1, 0.15) is 5.75 Å². The molecule has 1 N–H and O–H groups in total. The Bertz CT molecular complexity index is 756. The fourth-order valence-corrected chi connectivity index (χ4v) is 1.91. The van der Waals surface area contributed by atoms with E-state index >= 15 is 0 Å². The van der Waals surface area contributed by atoms with Crippen molar-refractivity contribution < 1.29 is 19.2 Å². The van der Waals surface area contributed by atoms with E-state index in [1.807, 2.05) is 0 Å². The zero-order valence-electron chi connectivity index (χ0n) is 13.0. The first-order valence-electron chi connectivity index (χ1n) is 7.30. The molecule has 0 unspecified atom stereocenters. The summed E-state index contributed by atoms with van der Waals surface area (Å²) in [7, 11) is 0. The number of non-ortho nitro benzene ring substituents is 1. The summed E-state index contributed by atoms with van der Waals surface area (Å²) in [5.74, 6) is -0.123. The second-order valence-corrected chi connectivity index (χ2v) is 4.95. The summed E-state index contributed by atoms with van der Waals surface area (Å²) < 4.78 is 5.30. The highest BCUT2D eigenvalue weighted by Crippen LogP contribution is 2.19. The van der Waals surface area contributed by atoms with Crippen molar-refractivity contribution in [3.63, 3.8) is 0 Å². The SMILES string of the molecule is CCC(=O)Nc1ccc(C(=O)COc2cccc([N+](=O)[O-])c2)cc1. The lowest BCUT2D eigenvalue weighted by Gasteiger charge is -2.07. The lowest BCUT2D eigenvalue weighted by atomic mass is 10.1. The van der Waals surface area contributed by atoms with Gasteiger partial charge in [-0.3, -0.25) is 19.7 Å². The van der Waals surface area contributed by atoms with Gasteiger partial charge in [0.25, 0.3) is 5.69 Å². The van der Waals surface area contributed by atoms with E-state index in [9.17, 15) is 19.7 Å². The molecule has 0 fully saturated rings. The van der Waals surface area contributed by atoms with Crippen LogP contribution in [-0.4, -0.2) is 23.2 Å². The molecule has 2 aromatic carbocycles. The van der Waals surface area contributed by atoms with E-state index in [4.69, 9.17) is 4.74 Å². The van der Waals surface area contributed by atoms with Crippen LogP contribution in [0.25, 0.3) is 0 Å². The van der Waals surface area contributed by atoms with Crippen LogP contribution < -0.4 is 10.1 Å². The number of carbonyl (C=O) groups is 2. The summed E-state index contributed by atoms with van der Waals surface area (Å²) in [5.41, 5.74) is 0.934. The van der Waals surface area contributed by atoms with Crippen LogP contribution in [0.15, 0.2) is 48.5 Å². The van der Waals surface area contributed by atoms with Gasteiger partial charge in [0.05, 0.1) is 11.0 Å². The number of amides is 1. The van der Waals surface area contributed by atoms with Gasteiger partial charge in [0.2, 0.25) is 5.91 Å². The van der Waals surface area contributed by atoms with E-state index in [0.717, 1.165) is 0 Å². The topological polar surface area (TPSA) is 98.5 Å². The summed E-state index contributed by atoms with van der Waals surface area (Å²) in [6, 6.07) is 12.1. The molecule has 0 saturated carbocycles. The molecule has 0 radical (unpaired) electrons. The molecule has 124 valence electrons. The van der Waals surface area contributed by atoms with E-state index < -0.39 is 4.92 Å². The molecule has 7 heteroatoms. The Labute approximate surface area is 138 Å². The molecule has 0 bridgehead atoms. The highest BCUT2D eigenvalue weighted by Gasteiger charge is 2.10. The number of hydrogen-bond acceptors (Lipinski definition) is 5. The van der Waals surface area contributed by atoms with Crippen molar-refractivity contribution in [1.29, 1.82) is 0 Å². The number of nitro groups is 1. The van der Waals surface area contributed by atoms with Crippen molar-refractivity contribution in [1.82, 2.24) is 0 Å². The van der Waals surface area contributed by atoms with Crippen LogP contribution in [0.5, 0.6) is 5.75 Å². The predicted octanol–water partition coefficient (Wildman–Crippen LogP) is 3.21. The largest absolute Gasteiger partial charge is 0.485 e. The van der Waals surface area contributed by atoms with Crippen molar-refractivity contribution in [2.45, 2.75) is 13.3 Å². The van der Waals surface area contributed by atoms with Gasteiger partial charge in [-0.15, -0.1) is 0 Å². The molecule has 0 heterocycles. The molecule has 0 aromatic heterocycles. The van der Waals surface area contributed by atoms with Crippen molar-refractivity contribution in [2.75, 3.05) is 11.9 Å². The molecule has 0 aliphatic heterocycles. The van der Waals surface area contributed by atoms with Gasteiger partial charge < -0.3 is 10.1 Å². The zero-order valence-corrected chi connectivity index (χ0v) is 13.0. The molecular formula is C17H16N2O5. The van der Waals surface area contributed by atoms with Crippen molar-refractivity contribution in [2.24, 2.45) is 0 Å². The minimum atomic E-state index is -0.530. The molecule has 0 aliphatic rings. The van der Waals surface area contributed by atoms with Crippen molar-refractivity contribution in [3.8, 4) is 5.75 Å². The van der Waals surface area contributed by atoms with E-state index in [0.29, 0.717) is 17.7 Å². The summed E-state index contributed by atoms with van der Waals surface area (Å²) in [6.07, 6.45) is 0.373. The number of nitrogens with zero attached hydrogens (tertiary/aromatic N) is 1. The first-order chi connectivity index (χ1) is 11.5. The Kier molecular flexibility index (Phi) is 5.62. The molecular weight excluding hydrogens is 312 g/mol. The number of nitrogens with one attached hydrogen (secondary N) is 1. The maximum Gasteiger partial charge on any atom is 0.273 e. The molecule has 2 rings (SSSR count). The summed E-state index contributed by atoms with van der Waals surface area (Å²) >= 11 is 0. The Balaban J connectivity index is 1.96. The fourth-order valence-electron chi connectivity index (χ4n) is 1.91. The second-order valence-electron chi connectivity index (χ2n) is 4.95. The quantitative estimate of drug-likeness (QED) is 0.478. The number of ether oxygens (including phenoxy) is 1. The Morgan fingerprint density at radius 1 is 1.17 bits per heavy atom. The molecule has 7 nitrogen and oxygen atoms in total. The molecule has 0 spiro atoms. The van der Waals surface area contributed by atoms with Crippen LogP contribution in [0, 0.1) is 10.1 Å². The number of nitro benzene ring substituents is 1. The van der Waals surface area contributed by atoms with E-state index in [-0.39, 0.29) is 29.7 Å². The van der Waals surface area contributed by atoms with E-state index in [1.54, 1.807) is 37.3 Å². The number of benzene rings is 2. The van der Waals surface area contributed by atoms with Gasteiger partial charge >= 0.3 is 0 Å². The van der Waals surface area contributed by atoms with Gasteiger partial charge in [-0.1, -0.05) is 13.0 Å². The third kappa shape index (κ3) is 4.64. The van der Waals surface area contributed by atoms with Gasteiger partial charge in [0, 0.05) is 23.7 Å². The summed E-state index contributed by atoms with van der Waals surface area (Å²) in [4.78, 5) is 33.5. The highest BCUT2D eigenvalue weighted by atomic mass is 16.6. The molecule has 0 aliphatic carbocycles. The normalized spacial score (nSPS) is 10.0. The lowest BCUT2D eigenvalue weighted by Crippen LogP contribution is -2.12. The van der Waals surface area contributed by atoms with Gasteiger partial charge in [-0.05, 0) is 30.3 Å². The average Bonchev–Trinajstić information content (AvgIpc) is 2.60. The minimum absolute atomic E-state index is 0.101. The van der Waals surface area contributed by atoms with Gasteiger partial charge in [-0.2, -0.15) is 0 Å². The van der Waals surface area contributed by atoms with Crippen LogP contribution in [-0.2, 0) is 4.79 Å². The molecule has 0 atom stereocenters. The van der Waals surface area contributed by atoms with Crippen molar-refractivity contribution >= 4 is 23.1 Å². The monoisotopic (exact) mass is 328 g/mol. The highest BCUT2D eigenvalue weighted by molar-refractivity contribution is 5.98. The standard InChI is InChI=1S/C17H16N2O5/c1-2-17(21)18-13-8-6-12(7-9-13)16(20)11-24-15-5-3-4-14(10-15)19(22)23/h3-10H,2,11H2,1H3,(H,18,21). The van der Waals surface area contributed by atoms with Crippen LogP contribution >= 0.6 is 0 Å². The van der Waals surface area contributed by atoms with Crippen LogP contribution in [0.1, 0.15) is 23.7 Å². The first-order valence-corrected chi connectivity index (χ1v) is 7.30. The minimum Gasteiger partial charge on any atom is -0.485 e. The summed E-state index contributed by atoms with van der Waals surface area (Å²) in [6.45, 7) is 1.51. The molecule has 0 saturated heterocycles. The molecule has 2 aromatic rings. The number of rotatable bonds is 7. The van der Waals surface area contributed by atoms with E-state index in [2.05, 4.69) is 5.32 Å². The van der Waals surface area contributed by atoms with Crippen molar-refractivity contribution in [3.05, 3.63) is 64.2 Å². The number of ketones is 1. The Morgan fingerprint density at radius 3 is 2.50 bits per heavy atom. The molecule has 24 heavy (non-hydrogen) atoms. The maximum absolute atomic E-state index is 12.1. The lowest BCUT2D eigenvalue weighted by molar-refractivity contribution is -0.384. The maximum atomic E-state index is 12.1. The summed E-state index contributed by atoms with van der Waals surface area (Å²) in [5, 5.41) is 13.4. The number of carbonyl (C=O) groups excluding carboxylic acids is 2. The van der Waals surface area contributed by atoms with Gasteiger partial charge in [0.15, 0.2) is 12.4 Å². The predicted molar refractivity (Wildman–Crippen MR) is 88.3 cm³/mol. The van der Waals surface area contributed by atoms with Gasteiger partial charge in [-0.25, -0.2) is 0 Å². The third-order valence-corrected chi connectivity index (χ3v) is 3.21. The van der Waals surface area contributed by atoms with Crippen LogP contribution in [0.4, 0.5) is 11.4 Å². The number of anilines is 1. The zero-order chi connectivity index (χ0) is 17.5. The van der Waals surface area contributed by atoms with Crippen LogP contribution in [0.2, 0.25) is 0 Å².